The first kappa shape index (κ1) is 14.6. The van der Waals surface area contributed by atoms with Crippen molar-refractivity contribution in [2.24, 2.45) is 0 Å². The van der Waals surface area contributed by atoms with E-state index in [2.05, 4.69) is 9.97 Å². The fourth-order valence-corrected chi connectivity index (χ4v) is 2.50. The van der Waals surface area contributed by atoms with Crippen molar-refractivity contribution in [1.29, 1.82) is 0 Å². The summed E-state index contributed by atoms with van der Waals surface area (Å²) in [5.74, 6) is 0.0649. The van der Waals surface area contributed by atoms with Gasteiger partial charge in [-0.25, -0.2) is 4.98 Å². The van der Waals surface area contributed by atoms with Crippen LogP contribution in [-0.4, -0.2) is 26.4 Å². The Labute approximate surface area is 129 Å². The first-order valence-electron chi connectivity index (χ1n) is 6.74. The molecule has 0 atom stereocenters. The standard InChI is InChI=1S/C13H12N6O4/c14-12-11(19(22)23)6-15-13(16-12)17-4-3-8-1-2-10(18(20)21)5-9(8)7-17/h1-2,5-6H,3-4,7H2,(H2,14,15,16). The Morgan fingerprint density at radius 2 is 1.96 bits per heavy atom. The maximum absolute atomic E-state index is 10.9. The van der Waals surface area contributed by atoms with Crippen LogP contribution in [0.15, 0.2) is 24.4 Å². The molecule has 0 amide bonds. The minimum absolute atomic E-state index is 0.0229. The molecular formula is C13H12N6O4. The number of anilines is 2. The lowest BCUT2D eigenvalue weighted by atomic mass is 9.99. The molecule has 0 aliphatic carbocycles. The van der Waals surface area contributed by atoms with E-state index in [1.165, 1.54) is 12.1 Å². The van der Waals surface area contributed by atoms with Crippen molar-refractivity contribution in [3.8, 4) is 0 Å². The van der Waals surface area contributed by atoms with Crippen LogP contribution in [0.3, 0.4) is 0 Å². The minimum atomic E-state index is -0.645. The highest BCUT2D eigenvalue weighted by Crippen LogP contribution is 2.27. The third kappa shape index (κ3) is 2.73. The Kier molecular flexibility index (Phi) is 3.48. The number of benzene rings is 1. The molecule has 1 aromatic heterocycles. The topological polar surface area (TPSA) is 141 Å². The van der Waals surface area contributed by atoms with Gasteiger partial charge in [-0.2, -0.15) is 4.98 Å². The molecule has 2 N–H and O–H groups in total. The summed E-state index contributed by atoms with van der Waals surface area (Å²) in [6, 6.07) is 4.75. The van der Waals surface area contributed by atoms with E-state index < -0.39 is 9.85 Å². The number of rotatable bonds is 3. The van der Waals surface area contributed by atoms with E-state index >= 15 is 0 Å². The second-order valence-electron chi connectivity index (χ2n) is 5.08. The number of fused-ring (bicyclic) bond motifs is 1. The lowest BCUT2D eigenvalue weighted by Crippen LogP contribution is -2.32. The van der Waals surface area contributed by atoms with Gasteiger partial charge in [0.2, 0.25) is 11.8 Å². The quantitative estimate of drug-likeness (QED) is 0.662. The summed E-state index contributed by atoms with van der Waals surface area (Å²) in [6.45, 7) is 0.982. The summed E-state index contributed by atoms with van der Waals surface area (Å²) < 4.78 is 0. The Morgan fingerprint density at radius 1 is 1.17 bits per heavy atom. The number of hydrogen-bond donors (Lipinski definition) is 1. The molecule has 0 radical (unpaired) electrons. The zero-order valence-electron chi connectivity index (χ0n) is 11.9. The molecule has 2 heterocycles. The van der Waals surface area contributed by atoms with Crippen molar-refractivity contribution in [2.45, 2.75) is 13.0 Å². The molecule has 118 valence electrons. The number of nitro benzene ring substituents is 1. The Balaban J connectivity index is 1.89. The Bertz CT molecular complexity index is 809. The van der Waals surface area contributed by atoms with Crippen molar-refractivity contribution in [2.75, 3.05) is 17.2 Å². The van der Waals surface area contributed by atoms with E-state index in [4.69, 9.17) is 5.73 Å². The highest BCUT2D eigenvalue weighted by molar-refractivity contribution is 5.54. The molecule has 3 rings (SSSR count). The van der Waals surface area contributed by atoms with Gasteiger partial charge < -0.3 is 10.6 Å². The van der Waals surface area contributed by atoms with Gasteiger partial charge in [0.05, 0.1) is 9.85 Å². The number of aromatic nitrogens is 2. The largest absolute Gasteiger partial charge is 0.378 e. The molecule has 23 heavy (non-hydrogen) atoms. The number of non-ortho nitro benzene ring substituents is 1. The number of nitro groups is 2. The predicted molar refractivity (Wildman–Crippen MR) is 80.9 cm³/mol. The summed E-state index contributed by atoms with van der Waals surface area (Å²) in [4.78, 5) is 30.2. The molecular weight excluding hydrogens is 304 g/mol. The van der Waals surface area contributed by atoms with Crippen molar-refractivity contribution in [3.63, 3.8) is 0 Å². The third-order valence-electron chi connectivity index (χ3n) is 3.68. The van der Waals surface area contributed by atoms with Gasteiger partial charge in [0, 0.05) is 25.2 Å². The maximum Gasteiger partial charge on any atom is 0.329 e. The van der Waals surface area contributed by atoms with Gasteiger partial charge in [-0.1, -0.05) is 6.07 Å². The molecule has 2 aromatic rings. The SMILES string of the molecule is Nc1nc(N2CCc3ccc([N+](=O)[O-])cc3C2)ncc1[N+](=O)[O-]. The normalized spacial score (nSPS) is 13.5. The molecule has 1 aromatic carbocycles. The van der Waals surface area contributed by atoms with Crippen molar-refractivity contribution in [3.05, 3.63) is 55.8 Å². The van der Waals surface area contributed by atoms with Gasteiger partial charge in [0.15, 0.2) is 0 Å². The van der Waals surface area contributed by atoms with Crippen molar-refractivity contribution >= 4 is 23.1 Å². The first-order valence-corrected chi connectivity index (χ1v) is 6.74. The molecule has 10 heteroatoms. The van der Waals surface area contributed by atoms with E-state index in [-0.39, 0.29) is 23.1 Å². The van der Waals surface area contributed by atoms with Crippen LogP contribution in [0.1, 0.15) is 11.1 Å². The maximum atomic E-state index is 10.9. The fraction of sp³-hybridized carbons (Fsp3) is 0.231. The van der Waals surface area contributed by atoms with Gasteiger partial charge in [-0.15, -0.1) is 0 Å². The lowest BCUT2D eigenvalue weighted by Gasteiger charge is -2.28. The highest BCUT2D eigenvalue weighted by Gasteiger charge is 2.23. The second-order valence-corrected chi connectivity index (χ2v) is 5.08. The van der Waals surface area contributed by atoms with Gasteiger partial charge in [0.25, 0.3) is 5.69 Å². The summed E-state index contributed by atoms with van der Waals surface area (Å²) in [5.41, 5.74) is 7.10. The molecule has 0 saturated heterocycles. The molecule has 1 aliphatic heterocycles. The van der Waals surface area contributed by atoms with Crippen LogP contribution >= 0.6 is 0 Å². The summed E-state index contributed by atoms with van der Waals surface area (Å²) in [5, 5.41) is 21.6. The lowest BCUT2D eigenvalue weighted by molar-refractivity contribution is -0.385. The average Bonchev–Trinajstić information content (AvgIpc) is 2.53. The van der Waals surface area contributed by atoms with E-state index in [1.807, 2.05) is 0 Å². The van der Waals surface area contributed by atoms with Crippen LogP contribution in [0.4, 0.5) is 23.1 Å². The number of nitrogen functional groups attached to an aromatic ring is 1. The zero-order chi connectivity index (χ0) is 16.6. The molecule has 0 fully saturated rings. The van der Waals surface area contributed by atoms with Crippen LogP contribution in [-0.2, 0) is 13.0 Å². The van der Waals surface area contributed by atoms with Gasteiger partial charge in [-0.05, 0) is 17.5 Å². The molecule has 0 saturated carbocycles. The molecule has 0 spiro atoms. The van der Waals surface area contributed by atoms with E-state index in [9.17, 15) is 20.2 Å². The summed E-state index contributed by atoms with van der Waals surface area (Å²) in [7, 11) is 0. The summed E-state index contributed by atoms with van der Waals surface area (Å²) >= 11 is 0. The highest BCUT2D eigenvalue weighted by atomic mass is 16.6. The molecule has 0 unspecified atom stereocenters. The number of hydrogen-bond acceptors (Lipinski definition) is 8. The average molecular weight is 316 g/mol. The third-order valence-corrected chi connectivity index (χ3v) is 3.68. The summed E-state index contributed by atoms with van der Waals surface area (Å²) in [6.07, 6.45) is 1.74. The number of nitrogens with zero attached hydrogens (tertiary/aromatic N) is 5. The smallest absolute Gasteiger partial charge is 0.329 e. The predicted octanol–water partition coefficient (Wildman–Crippen LogP) is 1.44. The Hall–Kier alpha value is -3.30. The van der Waals surface area contributed by atoms with Gasteiger partial charge in [-0.3, -0.25) is 20.2 Å². The van der Waals surface area contributed by atoms with Crippen LogP contribution in [0.25, 0.3) is 0 Å². The first-order chi connectivity index (χ1) is 11.0. The van der Waals surface area contributed by atoms with Crippen LogP contribution in [0.2, 0.25) is 0 Å². The second kappa shape index (κ2) is 5.48. The fourth-order valence-electron chi connectivity index (χ4n) is 2.50. The van der Waals surface area contributed by atoms with E-state index in [1.54, 1.807) is 11.0 Å². The van der Waals surface area contributed by atoms with Gasteiger partial charge in [0.1, 0.15) is 6.20 Å². The van der Waals surface area contributed by atoms with Crippen LogP contribution in [0, 0.1) is 20.2 Å². The van der Waals surface area contributed by atoms with Crippen LogP contribution < -0.4 is 10.6 Å². The van der Waals surface area contributed by atoms with Crippen LogP contribution in [0.5, 0.6) is 0 Å². The Morgan fingerprint density at radius 3 is 2.61 bits per heavy atom. The number of nitrogens with two attached hydrogens (primary N) is 1. The van der Waals surface area contributed by atoms with E-state index in [0.29, 0.717) is 19.5 Å². The molecule has 10 nitrogen and oxygen atoms in total. The van der Waals surface area contributed by atoms with Crippen molar-refractivity contribution in [1.82, 2.24) is 9.97 Å². The zero-order valence-corrected chi connectivity index (χ0v) is 11.9. The van der Waals surface area contributed by atoms with Gasteiger partial charge >= 0.3 is 5.69 Å². The van der Waals surface area contributed by atoms with Crippen molar-refractivity contribution < 1.29 is 9.85 Å². The van der Waals surface area contributed by atoms with E-state index in [0.717, 1.165) is 17.3 Å². The molecule has 0 bridgehead atoms. The minimum Gasteiger partial charge on any atom is -0.378 e. The monoisotopic (exact) mass is 316 g/mol. The molecule has 1 aliphatic rings.